The molecule has 0 bridgehead atoms. The van der Waals surface area contributed by atoms with Crippen LogP contribution in [0.2, 0.25) is 0 Å². The first-order valence-corrected chi connectivity index (χ1v) is 6.83. The molecule has 8 nitrogen and oxygen atoms in total. The molecule has 2 aromatic rings. The van der Waals surface area contributed by atoms with Crippen LogP contribution in [-0.2, 0) is 13.1 Å². The fourth-order valence-electron chi connectivity index (χ4n) is 1.80. The Kier molecular flexibility index (Phi) is 4.91. The number of rotatable bonds is 5. The van der Waals surface area contributed by atoms with Crippen molar-refractivity contribution in [3.63, 3.8) is 0 Å². The van der Waals surface area contributed by atoms with E-state index in [0.29, 0.717) is 30.8 Å². The normalized spacial score (nSPS) is 11.7. The van der Waals surface area contributed by atoms with Gasteiger partial charge in [0.1, 0.15) is 5.76 Å². The van der Waals surface area contributed by atoms with Gasteiger partial charge >= 0.3 is 0 Å². The maximum Gasteiger partial charge on any atom is 0.223 e. The van der Waals surface area contributed by atoms with Gasteiger partial charge in [-0.3, -0.25) is 0 Å². The first-order valence-electron chi connectivity index (χ1n) is 6.83. The van der Waals surface area contributed by atoms with Crippen LogP contribution < -0.4 is 10.6 Å². The van der Waals surface area contributed by atoms with Crippen molar-refractivity contribution in [3.05, 3.63) is 28.7 Å². The Labute approximate surface area is 123 Å². The lowest BCUT2D eigenvalue weighted by Gasteiger charge is -2.09. The van der Waals surface area contributed by atoms with Gasteiger partial charge in [-0.15, -0.1) is 0 Å². The van der Waals surface area contributed by atoms with E-state index in [1.54, 1.807) is 6.92 Å². The first kappa shape index (κ1) is 15.0. The van der Waals surface area contributed by atoms with Crippen LogP contribution in [0.3, 0.4) is 0 Å². The van der Waals surface area contributed by atoms with Gasteiger partial charge in [-0.2, -0.15) is 4.98 Å². The Bertz CT molecular complexity index is 596. The molecule has 0 aliphatic rings. The third kappa shape index (κ3) is 4.04. The average molecular weight is 292 g/mol. The quantitative estimate of drug-likeness (QED) is 0.631. The van der Waals surface area contributed by atoms with Gasteiger partial charge in [0.2, 0.25) is 5.89 Å². The minimum Gasteiger partial charge on any atom is -0.361 e. The molecular weight excluding hydrogens is 272 g/mol. The molecule has 8 heteroatoms. The van der Waals surface area contributed by atoms with Gasteiger partial charge < -0.3 is 19.7 Å². The first-order chi connectivity index (χ1) is 10.1. The molecule has 0 saturated heterocycles. The van der Waals surface area contributed by atoms with Crippen LogP contribution in [-0.4, -0.2) is 27.8 Å². The van der Waals surface area contributed by atoms with Crippen LogP contribution >= 0.6 is 0 Å². The van der Waals surface area contributed by atoms with Gasteiger partial charge in [-0.25, -0.2) is 4.99 Å². The second-order valence-electron chi connectivity index (χ2n) is 4.58. The van der Waals surface area contributed by atoms with Crippen LogP contribution in [0, 0.1) is 20.8 Å². The second kappa shape index (κ2) is 6.87. The number of guanidine groups is 1. The van der Waals surface area contributed by atoms with Gasteiger partial charge in [0, 0.05) is 19.0 Å². The smallest absolute Gasteiger partial charge is 0.223 e. The molecule has 2 rings (SSSR count). The predicted molar refractivity (Wildman–Crippen MR) is 76.7 cm³/mol. The molecule has 0 aromatic carbocycles. The van der Waals surface area contributed by atoms with E-state index in [2.05, 4.69) is 30.9 Å². The molecule has 114 valence electrons. The third-order valence-electron chi connectivity index (χ3n) is 2.90. The van der Waals surface area contributed by atoms with Crippen LogP contribution in [0.25, 0.3) is 0 Å². The number of aryl methyl sites for hydroxylation is 3. The zero-order valence-electron chi connectivity index (χ0n) is 12.7. The molecule has 0 fully saturated rings. The highest BCUT2D eigenvalue weighted by Crippen LogP contribution is 2.12. The predicted octanol–water partition coefficient (Wildman–Crippen LogP) is 1.24. The molecule has 0 aliphatic heterocycles. The highest BCUT2D eigenvalue weighted by molar-refractivity contribution is 5.79. The van der Waals surface area contributed by atoms with E-state index in [4.69, 9.17) is 9.05 Å². The molecule has 21 heavy (non-hydrogen) atoms. The molecule has 0 aliphatic carbocycles. The lowest BCUT2D eigenvalue weighted by atomic mass is 10.2. The topological polar surface area (TPSA) is 101 Å². The summed E-state index contributed by atoms with van der Waals surface area (Å²) < 4.78 is 10.1. The van der Waals surface area contributed by atoms with Crippen molar-refractivity contribution >= 4 is 5.96 Å². The molecule has 2 N–H and O–H groups in total. The van der Waals surface area contributed by atoms with Crippen LogP contribution in [0.15, 0.2) is 14.0 Å². The monoisotopic (exact) mass is 292 g/mol. The van der Waals surface area contributed by atoms with Crippen molar-refractivity contribution in [1.82, 2.24) is 25.9 Å². The zero-order valence-corrected chi connectivity index (χ0v) is 12.7. The summed E-state index contributed by atoms with van der Waals surface area (Å²) in [5.41, 5.74) is 1.86. The fourth-order valence-corrected chi connectivity index (χ4v) is 1.80. The van der Waals surface area contributed by atoms with E-state index < -0.39 is 0 Å². The Morgan fingerprint density at radius 3 is 2.52 bits per heavy atom. The maximum absolute atomic E-state index is 5.13. The van der Waals surface area contributed by atoms with Crippen molar-refractivity contribution in [3.8, 4) is 0 Å². The minimum atomic E-state index is 0.449. The van der Waals surface area contributed by atoms with Crippen molar-refractivity contribution in [1.29, 1.82) is 0 Å². The van der Waals surface area contributed by atoms with E-state index in [9.17, 15) is 0 Å². The maximum atomic E-state index is 5.13. The van der Waals surface area contributed by atoms with E-state index in [1.165, 1.54) is 0 Å². The summed E-state index contributed by atoms with van der Waals surface area (Å²) in [6.07, 6.45) is 0. The highest BCUT2D eigenvalue weighted by atomic mass is 16.5. The summed E-state index contributed by atoms with van der Waals surface area (Å²) in [6.45, 7) is 9.27. The van der Waals surface area contributed by atoms with E-state index in [1.807, 2.05) is 20.8 Å². The summed E-state index contributed by atoms with van der Waals surface area (Å²) in [7, 11) is 0. The summed E-state index contributed by atoms with van der Waals surface area (Å²) in [4.78, 5) is 8.64. The van der Waals surface area contributed by atoms with E-state index >= 15 is 0 Å². The average Bonchev–Trinajstić information content (AvgIpc) is 3.00. The van der Waals surface area contributed by atoms with Gasteiger partial charge in [-0.1, -0.05) is 10.3 Å². The number of aliphatic imine (C=N–C) groups is 1. The van der Waals surface area contributed by atoms with Crippen LogP contribution in [0.5, 0.6) is 0 Å². The Morgan fingerprint density at radius 2 is 1.95 bits per heavy atom. The molecular formula is C13H20N6O2. The van der Waals surface area contributed by atoms with E-state index in [-0.39, 0.29) is 0 Å². The molecule has 0 saturated carbocycles. The standard InChI is InChI=1S/C13H20N6O2/c1-5-14-13(16-7-12-17-10(4)21-19-12)15-6-11-8(2)18-20-9(11)3/h5-7H2,1-4H3,(H2,14,15,16). The Morgan fingerprint density at radius 1 is 1.14 bits per heavy atom. The fraction of sp³-hybridized carbons (Fsp3) is 0.538. The summed E-state index contributed by atoms with van der Waals surface area (Å²) in [5.74, 6) is 2.61. The molecule has 0 spiro atoms. The van der Waals surface area contributed by atoms with Crippen molar-refractivity contribution in [2.75, 3.05) is 6.54 Å². The van der Waals surface area contributed by atoms with Crippen LogP contribution in [0.4, 0.5) is 0 Å². The molecule has 0 amide bonds. The lowest BCUT2D eigenvalue weighted by Crippen LogP contribution is -2.37. The number of hydrogen-bond acceptors (Lipinski definition) is 6. The Hall–Kier alpha value is -2.38. The Balaban J connectivity index is 1.99. The number of aromatic nitrogens is 3. The molecule has 2 heterocycles. The second-order valence-corrected chi connectivity index (χ2v) is 4.58. The zero-order chi connectivity index (χ0) is 15.2. The van der Waals surface area contributed by atoms with Crippen molar-refractivity contribution in [2.24, 2.45) is 4.99 Å². The van der Waals surface area contributed by atoms with E-state index in [0.717, 1.165) is 23.6 Å². The van der Waals surface area contributed by atoms with Gasteiger partial charge in [0.25, 0.3) is 0 Å². The highest BCUT2D eigenvalue weighted by Gasteiger charge is 2.09. The summed E-state index contributed by atoms with van der Waals surface area (Å²) in [5, 5.41) is 14.1. The van der Waals surface area contributed by atoms with Crippen molar-refractivity contribution in [2.45, 2.75) is 40.8 Å². The minimum absolute atomic E-state index is 0.449. The number of hydrogen-bond donors (Lipinski definition) is 2. The largest absolute Gasteiger partial charge is 0.361 e. The number of nitrogens with zero attached hydrogens (tertiary/aromatic N) is 4. The third-order valence-corrected chi connectivity index (χ3v) is 2.90. The van der Waals surface area contributed by atoms with Gasteiger partial charge in [-0.05, 0) is 20.8 Å². The molecule has 0 radical (unpaired) electrons. The molecule has 0 atom stereocenters. The molecule has 2 aromatic heterocycles. The van der Waals surface area contributed by atoms with Crippen molar-refractivity contribution < 1.29 is 9.05 Å². The van der Waals surface area contributed by atoms with Gasteiger partial charge in [0.15, 0.2) is 11.8 Å². The number of nitrogens with one attached hydrogen (secondary N) is 2. The molecule has 0 unspecified atom stereocenters. The SMILES string of the molecule is CCNC(=NCc1c(C)noc1C)NCc1noc(C)n1. The van der Waals surface area contributed by atoms with Crippen LogP contribution in [0.1, 0.15) is 35.7 Å². The lowest BCUT2D eigenvalue weighted by molar-refractivity contribution is 0.387. The summed E-state index contributed by atoms with van der Waals surface area (Å²) >= 11 is 0. The van der Waals surface area contributed by atoms with Gasteiger partial charge in [0.05, 0.1) is 18.8 Å². The summed E-state index contributed by atoms with van der Waals surface area (Å²) in [6, 6.07) is 0.